The van der Waals surface area contributed by atoms with Gasteiger partial charge in [-0.05, 0) is 31.2 Å². The number of benzene rings is 2. The van der Waals surface area contributed by atoms with Crippen molar-refractivity contribution in [2.75, 3.05) is 4.72 Å². The summed E-state index contributed by atoms with van der Waals surface area (Å²) in [6.07, 6.45) is 0.587. The predicted molar refractivity (Wildman–Crippen MR) is 105 cm³/mol. The van der Waals surface area contributed by atoms with E-state index in [1.807, 2.05) is 26.0 Å². The molecule has 0 aliphatic carbocycles. The lowest BCUT2D eigenvalue weighted by molar-refractivity contribution is 0.375. The molecule has 4 rings (SSSR count). The number of hydrogen-bond donors (Lipinski definition) is 1. The molecule has 0 saturated carbocycles. The van der Waals surface area contributed by atoms with Crippen LogP contribution in [0.4, 0.5) is 5.69 Å². The monoisotopic (exact) mass is 414 g/mol. The largest absolute Gasteiger partial charge is 0.420 e. The first kappa shape index (κ1) is 18.9. The summed E-state index contributed by atoms with van der Waals surface area (Å²) in [6, 6.07) is 11.2. The Balaban J connectivity index is 1.66. The van der Waals surface area contributed by atoms with Crippen molar-refractivity contribution in [3.05, 3.63) is 70.3 Å². The Hall–Kier alpha value is -3.40. The van der Waals surface area contributed by atoms with Gasteiger partial charge in [-0.2, -0.15) is 4.98 Å². The third-order valence-corrected chi connectivity index (χ3v) is 5.74. The van der Waals surface area contributed by atoms with Gasteiger partial charge in [0.25, 0.3) is 10.0 Å². The SMILES string of the molecule is CCc1nc(Cn2c(=O)oc3cc(S(=O)(=O)Nc4ccc(C)cc4)ccc32)no1. The Morgan fingerprint density at radius 2 is 1.90 bits per heavy atom. The minimum absolute atomic E-state index is 0.0145. The topological polar surface area (TPSA) is 120 Å². The highest BCUT2D eigenvalue weighted by atomic mass is 32.2. The fourth-order valence-corrected chi connectivity index (χ4v) is 3.91. The maximum absolute atomic E-state index is 12.7. The molecular formula is C19H18N4O5S. The molecule has 2 aromatic carbocycles. The van der Waals surface area contributed by atoms with Crippen molar-refractivity contribution in [2.24, 2.45) is 0 Å². The van der Waals surface area contributed by atoms with Crippen molar-refractivity contribution in [1.82, 2.24) is 14.7 Å². The second-order valence-electron chi connectivity index (χ2n) is 6.51. The summed E-state index contributed by atoms with van der Waals surface area (Å²) in [5, 5.41) is 3.83. The predicted octanol–water partition coefficient (Wildman–Crippen LogP) is 2.70. The van der Waals surface area contributed by atoms with E-state index in [9.17, 15) is 13.2 Å². The van der Waals surface area contributed by atoms with Crippen LogP contribution in [0.5, 0.6) is 0 Å². The Morgan fingerprint density at radius 1 is 1.14 bits per heavy atom. The summed E-state index contributed by atoms with van der Waals surface area (Å²) in [5.41, 5.74) is 2.05. The van der Waals surface area contributed by atoms with Gasteiger partial charge in [-0.1, -0.05) is 29.8 Å². The molecule has 2 aromatic heterocycles. The second-order valence-corrected chi connectivity index (χ2v) is 8.20. The van der Waals surface area contributed by atoms with Gasteiger partial charge < -0.3 is 8.94 Å². The van der Waals surface area contributed by atoms with Gasteiger partial charge >= 0.3 is 5.76 Å². The van der Waals surface area contributed by atoms with Crippen LogP contribution in [0.1, 0.15) is 24.2 Å². The van der Waals surface area contributed by atoms with Crippen LogP contribution in [0.15, 0.2) is 61.1 Å². The van der Waals surface area contributed by atoms with Gasteiger partial charge in [-0.15, -0.1) is 0 Å². The molecule has 0 aliphatic rings. The van der Waals surface area contributed by atoms with E-state index in [-0.39, 0.29) is 17.0 Å². The normalized spacial score (nSPS) is 11.8. The molecule has 1 N–H and O–H groups in total. The molecule has 0 amide bonds. The Kier molecular flexibility index (Phi) is 4.71. The number of hydrogen-bond acceptors (Lipinski definition) is 7. The number of aryl methyl sites for hydroxylation is 2. The van der Waals surface area contributed by atoms with Crippen molar-refractivity contribution in [2.45, 2.75) is 31.7 Å². The first-order chi connectivity index (χ1) is 13.9. The van der Waals surface area contributed by atoms with Crippen molar-refractivity contribution in [1.29, 1.82) is 0 Å². The van der Waals surface area contributed by atoms with E-state index in [4.69, 9.17) is 8.94 Å². The first-order valence-electron chi connectivity index (χ1n) is 8.90. The molecule has 2 heterocycles. The molecule has 0 fully saturated rings. The second kappa shape index (κ2) is 7.21. The number of anilines is 1. The molecule has 150 valence electrons. The number of oxazole rings is 1. The summed E-state index contributed by atoms with van der Waals surface area (Å²) in [4.78, 5) is 16.4. The van der Waals surface area contributed by atoms with E-state index >= 15 is 0 Å². The molecule has 10 heteroatoms. The van der Waals surface area contributed by atoms with Crippen molar-refractivity contribution >= 4 is 26.8 Å². The van der Waals surface area contributed by atoms with Gasteiger partial charge in [0.05, 0.1) is 17.0 Å². The zero-order valence-corrected chi connectivity index (χ0v) is 16.6. The zero-order chi connectivity index (χ0) is 20.6. The Morgan fingerprint density at radius 3 is 2.59 bits per heavy atom. The molecule has 0 radical (unpaired) electrons. The van der Waals surface area contributed by atoms with E-state index in [0.717, 1.165) is 5.56 Å². The molecule has 9 nitrogen and oxygen atoms in total. The number of aromatic nitrogens is 3. The van der Waals surface area contributed by atoms with Crippen LogP contribution >= 0.6 is 0 Å². The minimum Gasteiger partial charge on any atom is -0.408 e. The summed E-state index contributed by atoms with van der Waals surface area (Å²) >= 11 is 0. The smallest absolute Gasteiger partial charge is 0.408 e. The van der Waals surface area contributed by atoms with Gasteiger partial charge in [0.1, 0.15) is 0 Å². The fraction of sp³-hybridized carbons (Fsp3) is 0.211. The summed E-state index contributed by atoms with van der Waals surface area (Å²) < 4.78 is 39.5. The molecule has 0 aliphatic heterocycles. The maximum atomic E-state index is 12.7. The summed E-state index contributed by atoms with van der Waals surface area (Å²) in [5.74, 6) is 0.171. The molecule has 0 spiro atoms. The third kappa shape index (κ3) is 3.79. The lowest BCUT2D eigenvalue weighted by atomic mass is 10.2. The first-order valence-corrected chi connectivity index (χ1v) is 10.4. The van der Waals surface area contributed by atoms with Gasteiger partial charge in [0.15, 0.2) is 11.4 Å². The Bertz CT molecular complexity index is 1330. The molecule has 0 bridgehead atoms. The maximum Gasteiger partial charge on any atom is 0.420 e. The van der Waals surface area contributed by atoms with Gasteiger partial charge in [-0.3, -0.25) is 9.29 Å². The van der Waals surface area contributed by atoms with Gasteiger partial charge in [0.2, 0.25) is 5.89 Å². The lowest BCUT2D eigenvalue weighted by Gasteiger charge is -2.08. The van der Waals surface area contributed by atoms with Crippen molar-refractivity contribution in [3.63, 3.8) is 0 Å². The van der Waals surface area contributed by atoms with Crippen LogP contribution in [0, 0.1) is 6.92 Å². The quantitative estimate of drug-likeness (QED) is 0.515. The van der Waals surface area contributed by atoms with Crippen molar-refractivity contribution in [3.8, 4) is 0 Å². The number of nitrogens with one attached hydrogen (secondary N) is 1. The van der Waals surface area contributed by atoms with Crippen LogP contribution in [-0.2, 0) is 23.0 Å². The van der Waals surface area contributed by atoms with E-state index in [1.54, 1.807) is 12.1 Å². The molecule has 4 aromatic rings. The van der Waals surface area contributed by atoms with Crippen molar-refractivity contribution < 1.29 is 17.4 Å². The van der Waals surface area contributed by atoms with Gasteiger partial charge in [0, 0.05) is 18.2 Å². The average Bonchev–Trinajstić information content (AvgIpc) is 3.27. The van der Waals surface area contributed by atoms with Crippen LogP contribution < -0.4 is 10.5 Å². The number of rotatable bonds is 6. The highest BCUT2D eigenvalue weighted by molar-refractivity contribution is 7.92. The van der Waals surface area contributed by atoms with Crippen LogP contribution in [0.25, 0.3) is 11.1 Å². The number of nitrogens with zero attached hydrogens (tertiary/aromatic N) is 3. The minimum atomic E-state index is -3.84. The Labute approximate surface area is 166 Å². The van der Waals surface area contributed by atoms with Crippen LogP contribution in [0.3, 0.4) is 0 Å². The molecule has 0 atom stereocenters. The summed E-state index contributed by atoms with van der Waals surface area (Å²) in [6.45, 7) is 3.85. The average molecular weight is 414 g/mol. The van der Waals surface area contributed by atoms with Crippen LogP contribution in [-0.4, -0.2) is 23.1 Å². The highest BCUT2D eigenvalue weighted by Crippen LogP contribution is 2.22. The number of fused-ring (bicyclic) bond motifs is 1. The third-order valence-electron chi connectivity index (χ3n) is 4.37. The molecule has 29 heavy (non-hydrogen) atoms. The van der Waals surface area contributed by atoms with E-state index < -0.39 is 15.8 Å². The fourth-order valence-electron chi connectivity index (χ4n) is 2.84. The standard InChI is InChI=1S/C19H18N4O5S/c1-3-18-20-17(21-28-18)11-23-15-9-8-14(10-16(15)27-19(23)24)29(25,26)22-13-6-4-12(2)5-7-13/h4-10,22H,3,11H2,1-2H3. The molecule has 0 saturated heterocycles. The van der Waals surface area contributed by atoms with Crippen LogP contribution in [0.2, 0.25) is 0 Å². The number of sulfonamides is 1. The summed E-state index contributed by atoms with van der Waals surface area (Å²) in [7, 11) is -3.84. The van der Waals surface area contributed by atoms with Gasteiger partial charge in [-0.25, -0.2) is 13.2 Å². The van der Waals surface area contributed by atoms with E-state index in [0.29, 0.717) is 29.3 Å². The van der Waals surface area contributed by atoms with E-state index in [1.165, 1.54) is 22.8 Å². The van der Waals surface area contributed by atoms with E-state index in [2.05, 4.69) is 14.9 Å². The zero-order valence-electron chi connectivity index (χ0n) is 15.7. The lowest BCUT2D eigenvalue weighted by Crippen LogP contribution is -2.15. The molecule has 0 unspecified atom stereocenters. The highest BCUT2D eigenvalue weighted by Gasteiger charge is 2.19. The molecular weight excluding hydrogens is 396 g/mol.